The van der Waals surface area contributed by atoms with Crippen LogP contribution in [-0.2, 0) is 0 Å². The Balaban J connectivity index is 1.25. The molecule has 8 rings (SSSR count). The molecule has 0 aliphatic heterocycles. The summed E-state index contributed by atoms with van der Waals surface area (Å²) < 4.78 is 12.8. The van der Waals surface area contributed by atoms with Gasteiger partial charge in [-0.2, -0.15) is 5.26 Å². The maximum atomic E-state index is 9.45. The van der Waals surface area contributed by atoms with Gasteiger partial charge in [0.15, 0.2) is 0 Å². The second-order valence-corrected chi connectivity index (χ2v) is 12.0. The molecule has 0 aliphatic rings. The van der Waals surface area contributed by atoms with Crippen molar-refractivity contribution in [3.8, 4) is 74.8 Å². The highest BCUT2D eigenvalue weighted by molar-refractivity contribution is 6.09. The van der Waals surface area contributed by atoms with Gasteiger partial charge in [-0.1, -0.05) is 66.1 Å². The van der Waals surface area contributed by atoms with Gasteiger partial charge in [-0.05, 0) is 108 Å². The molecule has 5 heteroatoms. The Hall–Kier alpha value is -7.26. The van der Waals surface area contributed by atoms with E-state index in [0.29, 0.717) is 5.56 Å². The number of imidazole rings is 1. The largest absolute Gasteiger partial charge is 0.497 e. The van der Waals surface area contributed by atoms with E-state index < -0.39 is 0 Å². The van der Waals surface area contributed by atoms with Crippen molar-refractivity contribution < 1.29 is 9.47 Å². The van der Waals surface area contributed by atoms with Gasteiger partial charge >= 0.3 is 0 Å². The molecule has 0 atom stereocenters. The van der Waals surface area contributed by atoms with Crippen molar-refractivity contribution in [2.75, 3.05) is 14.2 Å². The zero-order valence-electron chi connectivity index (χ0n) is 27.9. The Kier molecular flexibility index (Phi) is 8.11. The topological polar surface area (TPSA) is 59.5 Å². The van der Waals surface area contributed by atoms with Crippen LogP contribution >= 0.6 is 0 Å². The second-order valence-electron chi connectivity index (χ2n) is 12.0. The van der Waals surface area contributed by atoms with Crippen molar-refractivity contribution in [1.29, 1.82) is 5.26 Å². The van der Waals surface area contributed by atoms with Crippen molar-refractivity contribution in [3.63, 3.8) is 0 Å². The predicted octanol–water partition coefficient (Wildman–Crippen LogP) is 9.61. The number of ether oxygens (including phenoxy) is 2. The van der Waals surface area contributed by atoms with Crippen LogP contribution < -0.4 is 9.47 Å². The third-order valence-corrected chi connectivity index (χ3v) is 8.90. The zero-order chi connectivity index (χ0) is 34.7. The maximum absolute atomic E-state index is 9.45. The number of benzene rings is 5. The van der Waals surface area contributed by atoms with E-state index in [-0.39, 0.29) is 0 Å². The second kappa shape index (κ2) is 13.3. The summed E-state index contributed by atoms with van der Waals surface area (Å²) >= 11 is 0. The number of methoxy groups -OCH3 is 2. The summed E-state index contributed by atoms with van der Waals surface area (Å²) in [6.07, 6.45) is 0. The highest BCUT2D eigenvalue weighted by Gasteiger charge is 2.25. The molecule has 0 amide bonds. The van der Waals surface area contributed by atoms with Gasteiger partial charge in [-0.3, -0.25) is 4.40 Å². The highest BCUT2D eigenvalue weighted by atomic mass is 16.5. The standard InChI is InChI=1S/C46H29N3O2/c1-50-39-26-16-33(17-27-39)8-6-31-10-20-36(21-11-31)43-41-4-3-5-42-48-45(38-24-14-35(30-47)15-25-38)46(49(41)42)44(43)37-22-12-32(13-23-37)7-9-34-18-28-40(51-2)29-19-34/h3-5,10-29H,1-2H3. The van der Waals surface area contributed by atoms with Crippen LogP contribution in [0, 0.1) is 35.0 Å². The average Bonchev–Trinajstić information content (AvgIpc) is 3.76. The lowest BCUT2D eigenvalue weighted by atomic mass is 9.93. The van der Waals surface area contributed by atoms with E-state index in [1.54, 1.807) is 14.2 Å². The number of nitrogens with zero attached hydrogens (tertiary/aromatic N) is 3. The Morgan fingerprint density at radius 1 is 0.490 bits per heavy atom. The van der Waals surface area contributed by atoms with Gasteiger partial charge in [0.05, 0.1) is 42.6 Å². The quantitative estimate of drug-likeness (QED) is 0.173. The lowest BCUT2D eigenvalue weighted by molar-refractivity contribution is 0.414. The maximum Gasteiger partial charge on any atom is 0.138 e. The Morgan fingerprint density at radius 2 is 0.922 bits per heavy atom. The van der Waals surface area contributed by atoms with E-state index in [2.05, 4.69) is 94.8 Å². The SMILES string of the molecule is COc1ccc(C#Cc2ccc(-c3c(-c4ccc(C#Cc5ccc(OC)cc5)cc4)c4c(-c5ccc(C#N)cc5)nc5cccc3n54)cc2)cc1. The monoisotopic (exact) mass is 655 g/mol. The number of hydrogen-bond donors (Lipinski definition) is 0. The number of nitriles is 1. The van der Waals surface area contributed by atoms with Gasteiger partial charge < -0.3 is 9.47 Å². The zero-order valence-corrected chi connectivity index (χ0v) is 27.9. The summed E-state index contributed by atoms with van der Waals surface area (Å²) in [6.45, 7) is 0. The van der Waals surface area contributed by atoms with Crippen molar-refractivity contribution in [1.82, 2.24) is 9.38 Å². The van der Waals surface area contributed by atoms with Crippen molar-refractivity contribution in [3.05, 3.63) is 167 Å². The third-order valence-electron chi connectivity index (χ3n) is 8.90. The third kappa shape index (κ3) is 6.00. The molecule has 0 saturated heterocycles. The van der Waals surface area contributed by atoms with Crippen LogP contribution in [0.1, 0.15) is 27.8 Å². The number of rotatable bonds is 5. The number of hydrogen-bond acceptors (Lipinski definition) is 4. The van der Waals surface area contributed by atoms with E-state index in [4.69, 9.17) is 14.5 Å². The van der Waals surface area contributed by atoms with Crippen molar-refractivity contribution in [2.45, 2.75) is 0 Å². The first-order chi connectivity index (χ1) is 25.1. The summed E-state index contributed by atoms with van der Waals surface area (Å²) in [5, 5.41) is 9.45. The Bertz CT molecular complexity index is 2680. The minimum absolute atomic E-state index is 0.609. The predicted molar refractivity (Wildman–Crippen MR) is 203 cm³/mol. The fourth-order valence-electron chi connectivity index (χ4n) is 6.32. The molecule has 240 valence electrons. The minimum Gasteiger partial charge on any atom is -0.497 e. The molecule has 3 heterocycles. The highest BCUT2D eigenvalue weighted by Crippen LogP contribution is 2.45. The minimum atomic E-state index is 0.609. The molecule has 5 aromatic carbocycles. The van der Waals surface area contributed by atoms with Gasteiger partial charge in [0, 0.05) is 38.9 Å². The first kappa shape index (κ1) is 31.0. The fraction of sp³-hybridized carbons (Fsp3) is 0.0435. The molecule has 0 N–H and O–H groups in total. The molecule has 51 heavy (non-hydrogen) atoms. The van der Waals surface area contributed by atoms with Crippen LogP contribution in [0.25, 0.3) is 50.2 Å². The van der Waals surface area contributed by atoms with Gasteiger partial charge in [-0.25, -0.2) is 4.98 Å². The molecule has 0 bridgehead atoms. The number of pyridine rings is 1. The first-order valence-corrected chi connectivity index (χ1v) is 16.4. The van der Waals surface area contributed by atoms with Crippen LogP contribution in [0.2, 0.25) is 0 Å². The van der Waals surface area contributed by atoms with Crippen LogP contribution in [0.5, 0.6) is 11.5 Å². The van der Waals surface area contributed by atoms with E-state index in [1.165, 1.54) is 0 Å². The van der Waals surface area contributed by atoms with Gasteiger partial charge in [0.2, 0.25) is 0 Å². The van der Waals surface area contributed by atoms with Crippen LogP contribution in [-0.4, -0.2) is 23.6 Å². The van der Waals surface area contributed by atoms with Crippen LogP contribution in [0.3, 0.4) is 0 Å². The molecule has 0 radical (unpaired) electrons. The normalized spacial score (nSPS) is 10.6. The molecule has 5 nitrogen and oxygen atoms in total. The van der Waals surface area contributed by atoms with Gasteiger partial charge in [-0.15, -0.1) is 0 Å². The van der Waals surface area contributed by atoms with Crippen LogP contribution in [0.4, 0.5) is 0 Å². The molecule has 8 aromatic rings. The molecule has 0 saturated carbocycles. The average molecular weight is 656 g/mol. The van der Waals surface area contributed by atoms with E-state index in [0.717, 1.165) is 83.9 Å². The van der Waals surface area contributed by atoms with Gasteiger partial charge in [0.25, 0.3) is 0 Å². The van der Waals surface area contributed by atoms with Crippen molar-refractivity contribution >= 4 is 16.7 Å². The summed E-state index contributed by atoms with van der Waals surface area (Å²) in [5.74, 6) is 14.7. The first-order valence-electron chi connectivity index (χ1n) is 16.4. The molecule has 0 aliphatic carbocycles. The molecular formula is C46H29N3O2. The summed E-state index contributed by atoms with van der Waals surface area (Å²) in [5.41, 5.74) is 13.3. The molecular weight excluding hydrogens is 627 g/mol. The Morgan fingerprint density at radius 3 is 1.39 bits per heavy atom. The Labute approximate surface area is 296 Å². The lowest BCUT2D eigenvalue weighted by Crippen LogP contribution is -1.87. The number of aromatic nitrogens is 2. The molecule has 0 spiro atoms. The van der Waals surface area contributed by atoms with E-state index in [9.17, 15) is 5.26 Å². The fourth-order valence-corrected chi connectivity index (χ4v) is 6.32. The van der Waals surface area contributed by atoms with E-state index >= 15 is 0 Å². The molecule has 3 aromatic heterocycles. The summed E-state index contributed by atoms with van der Waals surface area (Å²) in [7, 11) is 3.31. The smallest absolute Gasteiger partial charge is 0.138 e. The van der Waals surface area contributed by atoms with Crippen molar-refractivity contribution in [2.24, 2.45) is 0 Å². The van der Waals surface area contributed by atoms with Gasteiger partial charge in [0.1, 0.15) is 17.1 Å². The van der Waals surface area contributed by atoms with E-state index in [1.807, 2.05) is 78.9 Å². The van der Waals surface area contributed by atoms with Crippen LogP contribution in [0.15, 0.2) is 140 Å². The summed E-state index contributed by atoms with van der Waals surface area (Å²) in [6, 6.07) is 48.4. The lowest BCUT2D eigenvalue weighted by Gasteiger charge is -2.09. The molecule has 0 unspecified atom stereocenters. The molecule has 0 fully saturated rings. The summed E-state index contributed by atoms with van der Waals surface area (Å²) in [4.78, 5) is 5.11.